The van der Waals surface area contributed by atoms with E-state index in [2.05, 4.69) is 13.2 Å². The van der Waals surface area contributed by atoms with Crippen LogP contribution in [0.3, 0.4) is 0 Å². The van der Waals surface area contributed by atoms with E-state index in [1.807, 2.05) is 0 Å². The average Bonchev–Trinajstić information content (AvgIpc) is 2.51. The molecule has 0 unspecified atom stereocenters. The Morgan fingerprint density at radius 1 is 0.571 bits per heavy atom. The van der Waals surface area contributed by atoms with Crippen LogP contribution in [0.1, 0.15) is 6.42 Å². The van der Waals surface area contributed by atoms with Gasteiger partial charge in [0.05, 0.1) is 0 Å². The molecule has 0 spiro atoms. The molecule has 28 heavy (non-hydrogen) atoms. The van der Waals surface area contributed by atoms with Gasteiger partial charge in [-0.25, -0.2) is 0 Å². The Bertz CT molecular complexity index is 540. The van der Waals surface area contributed by atoms with Gasteiger partial charge in [0.15, 0.2) is 0 Å². The van der Waals surface area contributed by atoms with Crippen molar-refractivity contribution < 1.29 is 57.1 Å². The number of hydrogen-bond acceptors (Lipinski definition) is 1. The second kappa shape index (κ2) is 8.11. The Balaban J connectivity index is 5.90. The number of alkyl halides is 13. The lowest BCUT2D eigenvalue weighted by atomic mass is 9.92. The molecule has 0 aromatic carbocycles. The molecule has 0 aliphatic carbocycles. The standard InChI is InChI=1S/C14H14F13N/c1-3-6-28(7-4-2)8-5-9(15,16)10(17,18)11(19,20)12(21,22)13(23,24)14(25,26)27/h3-4H,1-2,5-8H2. The van der Waals surface area contributed by atoms with Crippen molar-refractivity contribution in [2.24, 2.45) is 0 Å². The van der Waals surface area contributed by atoms with Crippen LogP contribution in [-0.4, -0.2) is 60.3 Å². The van der Waals surface area contributed by atoms with Crippen molar-refractivity contribution in [3.63, 3.8) is 0 Å². The quantitative estimate of drug-likeness (QED) is 0.289. The second-order valence-electron chi connectivity index (χ2n) is 5.59. The van der Waals surface area contributed by atoms with E-state index in [0.29, 0.717) is 0 Å². The molecular formula is C14H14F13N. The molecule has 0 amide bonds. The molecule has 0 heterocycles. The molecule has 0 N–H and O–H groups in total. The van der Waals surface area contributed by atoms with Crippen LogP contribution in [0, 0.1) is 0 Å². The van der Waals surface area contributed by atoms with Crippen LogP contribution in [0.25, 0.3) is 0 Å². The van der Waals surface area contributed by atoms with E-state index in [1.54, 1.807) is 0 Å². The summed E-state index contributed by atoms with van der Waals surface area (Å²) in [6, 6.07) is 0. The Labute approximate surface area is 150 Å². The van der Waals surface area contributed by atoms with Crippen LogP contribution in [0.5, 0.6) is 0 Å². The van der Waals surface area contributed by atoms with Crippen LogP contribution >= 0.6 is 0 Å². The van der Waals surface area contributed by atoms with Crippen LogP contribution in [0.2, 0.25) is 0 Å². The summed E-state index contributed by atoms with van der Waals surface area (Å²) in [5, 5.41) is 0. The number of halogens is 13. The molecule has 0 atom stereocenters. The highest BCUT2D eigenvalue weighted by atomic mass is 19.4. The van der Waals surface area contributed by atoms with Crippen molar-refractivity contribution in [2.45, 2.75) is 42.2 Å². The van der Waals surface area contributed by atoms with Crippen molar-refractivity contribution in [3.8, 4) is 0 Å². The van der Waals surface area contributed by atoms with Gasteiger partial charge in [-0.15, -0.1) is 13.2 Å². The predicted molar refractivity (Wildman–Crippen MR) is 72.2 cm³/mol. The molecule has 0 rings (SSSR count). The van der Waals surface area contributed by atoms with Crippen LogP contribution in [0.15, 0.2) is 25.3 Å². The Morgan fingerprint density at radius 2 is 0.929 bits per heavy atom. The van der Waals surface area contributed by atoms with Gasteiger partial charge in [-0.05, 0) is 0 Å². The Kier molecular flexibility index (Phi) is 7.68. The molecule has 0 aliphatic rings. The molecule has 0 saturated heterocycles. The lowest BCUT2D eigenvalue weighted by Crippen LogP contribution is -2.70. The smallest absolute Gasteiger partial charge is 0.296 e. The maximum absolute atomic E-state index is 13.6. The van der Waals surface area contributed by atoms with Gasteiger partial charge < -0.3 is 0 Å². The molecule has 166 valence electrons. The van der Waals surface area contributed by atoms with E-state index >= 15 is 0 Å². The van der Waals surface area contributed by atoms with E-state index < -0.39 is 48.8 Å². The van der Waals surface area contributed by atoms with Crippen molar-refractivity contribution >= 4 is 0 Å². The second-order valence-corrected chi connectivity index (χ2v) is 5.59. The van der Waals surface area contributed by atoms with Gasteiger partial charge in [0.2, 0.25) is 0 Å². The van der Waals surface area contributed by atoms with Gasteiger partial charge in [-0.3, -0.25) is 4.90 Å². The topological polar surface area (TPSA) is 3.24 Å². The van der Waals surface area contributed by atoms with Crippen molar-refractivity contribution in [1.29, 1.82) is 0 Å². The lowest BCUT2D eigenvalue weighted by Gasteiger charge is -2.40. The van der Waals surface area contributed by atoms with Gasteiger partial charge in [0, 0.05) is 26.1 Å². The van der Waals surface area contributed by atoms with E-state index in [9.17, 15) is 57.1 Å². The third-order valence-corrected chi connectivity index (χ3v) is 3.52. The summed E-state index contributed by atoms with van der Waals surface area (Å²) in [5.74, 6) is -36.6. The summed E-state index contributed by atoms with van der Waals surface area (Å²) >= 11 is 0. The summed E-state index contributed by atoms with van der Waals surface area (Å²) in [6.45, 7) is 4.70. The van der Waals surface area contributed by atoms with Crippen LogP contribution in [-0.2, 0) is 0 Å². The molecule has 0 aromatic rings. The summed E-state index contributed by atoms with van der Waals surface area (Å²) in [5.41, 5.74) is 0. The predicted octanol–water partition coefficient (Wildman–Crippen LogP) is 5.79. The van der Waals surface area contributed by atoms with E-state index in [0.717, 1.165) is 17.1 Å². The SMILES string of the molecule is C=CCN(CC=C)CCC(F)(F)C(F)(F)C(F)(F)C(F)(F)C(F)(F)C(F)(F)F. The van der Waals surface area contributed by atoms with Gasteiger partial charge >= 0.3 is 35.8 Å². The third kappa shape index (κ3) is 4.40. The fourth-order valence-corrected chi connectivity index (χ4v) is 1.88. The van der Waals surface area contributed by atoms with E-state index in [-0.39, 0.29) is 13.1 Å². The Hall–Kier alpha value is -1.47. The van der Waals surface area contributed by atoms with Crippen LogP contribution in [0.4, 0.5) is 57.1 Å². The van der Waals surface area contributed by atoms with Crippen molar-refractivity contribution in [1.82, 2.24) is 4.90 Å². The monoisotopic (exact) mass is 443 g/mol. The lowest BCUT2D eigenvalue weighted by molar-refractivity contribution is -0.440. The fourth-order valence-electron chi connectivity index (χ4n) is 1.88. The first kappa shape index (κ1) is 26.5. The summed E-state index contributed by atoms with van der Waals surface area (Å²) in [6.07, 6.45) is -7.51. The van der Waals surface area contributed by atoms with E-state index in [1.165, 1.54) is 0 Å². The molecule has 0 aliphatic heterocycles. The first-order valence-electron chi connectivity index (χ1n) is 7.14. The van der Waals surface area contributed by atoms with Gasteiger partial charge in [0.25, 0.3) is 0 Å². The highest BCUT2D eigenvalue weighted by Gasteiger charge is 2.90. The first-order valence-corrected chi connectivity index (χ1v) is 7.14. The zero-order chi connectivity index (χ0) is 22.8. The number of rotatable bonds is 11. The summed E-state index contributed by atoms with van der Waals surface area (Å²) in [4.78, 5) is 0.866. The van der Waals surface area contributed by atoms with Crippen molar-refractivity contribution in [2.75, 3.05) is 19.6 Å². The molecule has 14 heteroatoms. The van der Waals surface area contributed by atoms with Gasteiger partial charge in [0.1, 0.15) is 0 Å². The maximum atomic E-state index is 13.6. The maximum Gasteiger partial charge on any atom is 0.460 e. The van der Waals surface area contributed by atoms with Crippen LogP contribution < -0.4 is 0 Å². The molecule has 0 radical (unpaired) electrons. The van der Waals surface area contributed by atoms with E-state index in [4.69, 9.17) is 0 Å². The zero-order valence-electron chi connectivity index (χ0n) is 13.8. The first-order chi connectivity index (χ1) is 12.2. The number of hydrogen-bond donors (Lipinski definition) is 0. The summed E-state index contributed by atoms with van der Waals surface area (Å²) < 4.78 is 168. The highest BCUT2D eigenvalue weighted by Crippen LogP contribution is 2.60. The van der Waals surface area contributed by atoms with Crippen molar-refractivity contribution in [3.05, 3.63) is 25.3 Å². The minimum atomic E-state index is -7.87. The minimum Gasteiger partial charge on any atom is -0.296 e. The largest absolute Gasteiger partial charge is 0.460 e. The Morgan fingerprint density at radius 3 is 1.25 bits per heavy atom. The van der Waals surface area contributed by atoms with Gasteiger partial charge in [-0.2, -0.15) is 57.1 Å². The average molecular weight is 443 g/mol. The molecule has 0 aromatic heterocycles. The zero-order valence-corrected chi connectivity index (χ0v) is 13.8. The molecular weight excluding hydrogens is 429 g/mol. The molecule has 1 nitrogen and oxygen atoms in total. The minimum absolute atomic E-state index is 0.258. The fraction of sp³-hybridized carbons (Fsp3) is 0.714. The molecule has 0 saturated carbocycles. The third-order valence-electron chi connectivity index (χ3n) is 3.52. The highest BCUT2D eigenvalue weighted by molar-refractivity contribution is 5.10. The molecule has 0 bridgehead atoms. The molecule has 0 fully saturated rings. The normalized spacial score (nSPS) is 15.1. The number of nitrogens with zero attached hydrogens (tertiary/aromatic N) is 1. The summed E-state index contributed by atoms with van der Waals surface area (Å²) in [7, 11) is 0. The van der Waals surface area contributed by atoms with Gasteiger partial charge in [-0.1, -0.05) is 12.2 Å².